The van der Waals surface area contributed by atoms with Crippen molar-refractivity contribution in [2.45, 2.75) is 17.4 Å². The van der Waals surface area contributed by atoms with Gasteiger partial charge in [-0.15, -0.1) is 0 Å². The third-order valence-corrected chi connectivity index (χ3v) is 7.60. The molecule has 190 valence electrons. The normalized spacial score (nSPS) is 13.0. The van der Waals surface area contributed by atoms with E-state index in [2.05, 4.69) is 4.72 Å². The Balaban J connectivity index is 1.65. The number of nitrogens with one attached hydrogen (secondary N) is 1. The lowest BCUT2D eigenvalue weighted by molar-refractivity contribution is -0.142. The molecule has 0 bridgehead atoms. The smallest absolute Gasteiger partial charge is 0.308 e. The predicted molar refractivity (Wildman–Crippen MR) is 147 cm³/mol. The largest absolute Gasteiger partial charge is 0.481 e. The second-order valence-electron chi connectivity index (χ2n) is 8.77. The number of rotatable bonds is 10. The molecule has 4 aromatic carbocycles. The molecule has 4 rings (SSSR count). The van der Waals surface area contributed by atoms with Crippen molar-refractivity contribution in [3.8, 4) is 17.2 Å². The van der Waals surface area contributed by atoms with Crippen LogP contribution in [0.5, 0.6) is 0 Å². The van der Waals surface area contributed by atoms with Gasteiger partial charge in [0.25, 0.3) is 0 Å². The van der Waals surface area contributed by atoms with Gasteiger partial charge in [-0.05, 0) is 52.9 Å². The summed E-state index contributed by atoms with van der Waals surface area (Å²) >= 11 is 0. The molecule has 0 spiro atoms. The second-order valence-corrected chi connectivity index (χ2v) is 10.5. The molecule has 0 fully saturated rings. The van der Waals surface area contributed by atoms with Crippen LogP contribution in [0.4, 0.5) is 0 Å². The minimum absolute atomic E-state index is 0.0319. The lowest BCUT2D eigenvalue weighted by Gasteiger charge is -2.23. The molecule has 0 aliphatic carbocycles. The minimum Gasteiger partial charge on any atom is -0.481 e. The summed E-state index contributed by atoms with van der Waals surface area (Å²) in [7, 11) is -4.06. The van der Waals surface area contributed by atoms with Crippen molar-refractivity contribution in [2.24, 2.45) is 5.92 Å². The summed E-state index contributed by atoms with van der Waals surface area (Å²) in [6.07, 6.45) is 3.30. The molecule has 0 unspecified atom stereocenters. The Morgan fingerprint density at radius 1 is 0.868 bits per heavy atom. The number of hydrogen-bond donors (Lipinski definition) is 2. The van der Waals surface area contributed by atoms with Crippen LogP contribution in [0.1, 0.15) is 16.7 Å². The fourth-order valence-electron chi connectivity index (χ4n) is 4.13. The van der Waals surface area contributed by atoms with E-state index in [0.717, 1.165) is 16.7 Å². The topological polar surface area (TPSA) is 107 Å². The van der Waals surface area contributed by atoms with Gasteiger partial charge in [-0.2, -0.15) is 5.26 Å². The van der Waals surface area contributed by atoms with Crippen molar-refractivity contribution < 1.29 is 18.3 Å². The minimum atomic E-state index is -4.06. The van der Waals surface area contributed by atoms with Crippen LogP contribution < -0.4 is 4.72 Å². The Bertz CT molecular complexity index is 1560. The fraction of sp³-hybridized carbons (Fsp3) is 0.0968. The number of benzene rings is 4. The van der Waals surface area contributed by atoms with E-state index in [0.29, 0.717) is 11.1 Å². The van der Waals surface area contributed by atoms with Crippen LogP contribution in [0.25, 0.3) is 17.2 Å². The standard InChI is InChI=1S/C31H26N2O4S/c32-22-25-11-7-10-24(20-25)21-29(31(34)35)30(19-14-23-8-3-1-4-9-23)33-38(36,37)28-17-15-27(16-18-28)26-12-5-2-6-13-26/h1-20,29-30,33H,21H2,(H,34,35)/b19-14+/t29-,30-/m1/s1. The highest BCUT2D eigenvalue weighted by Crippen LogP contribution is 2.23. The number of sulfonamides is 1. The quantitative estimate of drug-likeness (QED) is 0.285. The first-order valence-electron chi connectivity index (χ1n) is 12.0. The molecule has 6 nitrogen and oxygen atoms in total. The molecule has 0 saturated carbocycles. The number of nitrogens with zero attached hydrogens (tertiary/aromatic N) is 1. The maximum Gasteiger partial charge on any atom is 0.308 e. The second kappa shape index (κ2) is 12.2. The molecule has 7 heteroatoms. The summed E-state index contributed by atoms with van der Waals surface area (Å²) in [5.41, 5.74) is 3.66. The van der Waals surface area contributed by atoms with Crippen LogP contribution in [-0.2, 0) is 21.2 Å². The number of carbonyl (C=O) groups is 1. The molecule has 0 heterocycles. The van der Waals surface area contributed by atoms with Crippen molar-refractivity contribution in [3.63, 3.8) is 0 Å². The molecule has 2 atom stereocenters. The van der Waals surface area contributed by atoms with Gasteiger partial charge in [-0.3, -0.25) is 4.79 Å². The molecule has 0 aromatic heterocycles. The lowest BCUT2D eigenvalue weighted by Crippen LogP contribution is -2.43. The van der Waals surface area contributed by atoms with Crippen molar-refractivity contribution >= 4 is 22.1 Å². The molecular formula is C31H26N2O4S. The average Bonchev–Trinajstić information content (AvgIpc) is 2.95. The van der Waals surface area contributed by atoms with Crippen molar-refractivity contribution in [1.29, 1.82) is 5.26 Å². The van der Waals surface area contributed by atoms with Crippen LogP contribution in [0.2, 0.25) is 0 Å². The number of carboxylic acid groups (broad SMARTS) is 1. The van der Waals surface area contributed by atoms with Gasteiger partial charge in [0.15, 0.2) is 0 Å². The summed E-state index contributed by atoms with van der Waals surface area (Å²) in [5.74, 6) is -2.28. The van der Waals surface area contributed by atoms with E-state index in [9.17, 15) is 23.6 Å². The predicted octanol–water partition coefficient (Wildman–Crippen LogP) is 5.53. The van der Waals surface area contributed by atoms with Crippen LogP contribution in [0, 0.1) is 17.2 Å². The summed E-state index contributed by atoms with van der Waals surface area (Å²) < 4.78 is 29.4. The molecule has 38 heavy (non-hydrogen) atoms. The lowest BCUT2D eigenvalue weighted by atomic mass is 9.91. The Hall–Kier alpha value is -4.51. The van der Waals surface area contributed by atoms with E-state index < -0.39 is 28.0 Å². The number of nitriles is 1. The molecule has 2 N–H and O–H groups in total. The molecule has 0 saturated heterocycles. The SMILES string of the molecule is N#Cc1cccc(C[C@@H](C(=O)O)[C@@H](/C=C/c2ccccc2)NS(=O)(=O)c2ccc(-c3ccccc3)cc2)c1. The number of aliphatic carboxylic acids is 1. The van der Waals surface area contributed by atoms with E-state index in [1.54, 1.807) is 48.6 Å². The van der Waals surface area contributed by atoms with E-state index >= 15 is 0 Å². The Morgan fingerprint density at radius 3 is 2.13 bits per heavy atom. The van der Waals surface area contributed by atoms with E-state index in [1.165, 1.54) is 12.1 Å². The first-order chi connectivity index (χ1) is 18.4. The van der Waals surface area contributed by atoms with E-state index in [-0.39, 0.29) is 11.3 Å². The highest BCUT2D eigenvalue weighted by atomic mass is 32.2. The molecule has 0 aliphatic heterocycles. The van der Waals surface area contributed by atoms with Crippen molar-refractivity contribution in [2.75, 3.05) is 0 Å². The molecule has 0 radical (unpaired) electrons. The van der Waals surface area contributed by atoms with Crippen molar-refractivity contribution in [1.82, 2.24) is 4.72 Å². The Labute approximate surface area is 222 Å². The van der Waals surface area contributed by atoms with Gasteiger partial charge in [0.1, 0.15) is 0 Å². The van der Waals surface area contributed by atoms with Gasteiger partial charge < -0.3 is 5.11 Å². The molecule has 0 amide bonds. The fourth-order valence-corrected chi connectivity index (χ4v) is 5.36. The highest BCUT2D eigenvalue weighted by molar-refractivity contribution is 7.89. The number of hydrogen-bond acceptors (Lipinski definition) is 4. The number of carboxylic acids is 1. The van der Waals surface area contributed by atoms with Gasteiger partial charge >= 0.3 is 5.97 Å². The monoisotopic (exact) mass is 522 g/mol. The van der Waals surface area contributed by atoms with Gasteiger partial charge in [-0.25, -0.2) is 13.1 Å². The van der Waals surface area contributed by atoms with Crippen LogP contribution in [0.3, 0.4) is 0 Å². The third kappa shape index (κ3) is 6.83. The van der Waals surface area contributed by atoms with Gasteiger partial charge in [0.05, 0.1) is 28.5 Å². The summed E-state index contributed by atoms with van der Waals surface area (Å²) in [6, 6.07) is 32.9. The van der Waals surface area contributed by atoms with Crippen LogP contribution in [0.15, 0.2) is 120 Å². The maximum absolute atomic E-state index is 13.4. The van der Waals surface area contributed by atoms with Crippen LogP contribution >= 0.6 is 0 Å². The first kappa shape index (κ1) is 26.6. The van der Waals surface area contributed by atoms with Crippen LogP contribution in [-0.4, -0.2) is 25.5 Å². The van der Waals surface area contributed by atoms with E-state index in [1.807, 2.05) is 66.7 Å². The zero-order chi connectivity index (χ0) is 27.0. The summed E-state index contributed by atoms with van der Waals surface area (Å²) in [5, 5.41) is 19.4. The first-order valence-corrected chi connectivity index (χ1v) is 13.5. The van der Waals surface area contributed by atoms with E-state index in [4.69, 9.17) is 0 Å². The van der Waals surface area contributed by atoms with Gasteiger partial charge in [0.2, 0.25) is 10.0 Å². The molecular weight excluding hydrogens is 496 g/mol. The van der Waals surface area contributed by atoms with Gasteiger partial charge in [0, 0.05) is 0 Å². The summed E-state index contributed by atoms with van der Waals surface area (Å²) in [4.78, 5) is 12.4. The van der Waals surface area contributed by atoms with Crippen molar-refractivity contribution in [3.05, 3.63) is 132 Å². The maximum atomic E-state index is 13.4. The third-order valence-electron chi connectivity index (χ3n) is 6.12. The zero-order valence-corrected chi connectivity index (χ0v) is 21.3. The highest BCUT2D eigenvalue weighted by Gasteiger charge is 2.31. The molecule has 4 aromatic rings. The Morgan fingerprint density at radius 2 is 1.50 bits per heavy atom. The Kier molecular flexibility index (Phi) is 8.49. The zero-order valence-electron chi connectivity index (χ0n) is 20.4. The molecule has 0 aliphatic rings. The average molecular weight is 523 g/mol. The summed E-state index contributed by atoms with van der Waals surface area (Å²) in [6.45, 7) is 0. The van der Waals surface area contributed by atoms with Gasteiger partial charge in [-0.1, -0.05) is 97.1 Å².